The molecule has 2 N–H and O–H groups in total. The topological polar surface area (TPSA) is 85.2 Å². The summed E-state index contributed by atoms with van der Waals surface area (Å²) in [5, 5.41) is 20.8. The molecule has 1 atom stereocenters. The first-order valence-electron chi connectivity index (χ1n) is 10.3. The van der Waals surface area contributed by atoms with E-state index >= 15 is 0 Å². The number of hydrogen-bond donors (Lipinski definition) is 2. The number of ketones is 1. The van der Waals surface area contributed by atoms with Crippen molar-refractivity contribution in [1.82, 2.24) is 0 Å². The first-order valence-corrected chi connectivity index (χ1v) is 10.3. The zero-order chi connectivity index (χ0) is 22.6. The van der Waals surface area contributed by atoms with E-state index in [1.807, 2.05) is 38.1 Å². The number of carbonyl (C=O) groups is 1. The molecule has 0 unspecified atom stereocenters. The van der Waals surface area contributed by atoms with Crippen LogP contribution in [0.4, 0.5) is 0 Å². The molecule has 2 aromatic rings. The lowest BCUT2D eigenvalue weighted by Crippen LogP contribution is -2.46. The summed E-state index contributed by atoms with van der Waals surface area (Å²) >= 11 is 0. The van der Waals surface area contributed by atoms with Crippen molar-refractivity contribution in [3.63, 3.8) is 0 Å². The highest BCUT2D eigenvalue weighted by molar-refractivity contribution is 6.00. The van der Waals surface area contributed by atoms with E-state index in [1.165, 1.54) is 6.07 Å². The number of Topliss-reactive ketones (excluding diaryl/α,β-unsaturated/α-hetero) is 1. The van der Waals surface area contributed by atoms with Crippen molar-refractivity contribution >= 4 is 11.9 Å². The van der Waals surface area contributed by atoms with Gasteiger partial charge < -0.3 is 24.4 Å². The van der Waals surface area contributed by atoms with E-state index in [2.05, 4.69) is 0 Å². The van der Waals surface area contributed by atoms with Gasteiger partial charge in [0.05, 0.1) is 24.3 Å². The summed E-state index contributed by atoms with van der Waals surface area (Å²) in [5.74, 6) is 1.37. The molecule has 0 amide bonds. The highest BCUT2D eigenvalue weighted by atomic mass is 16.5. The Hall–Kier alpha value is -2.99. The van der Waals surface area contributed by atoms with Gasteiger partial charge in [0.1, 0.15) is 34.2 Å². The van der Waals surface area contributed by atoms with Crippen molar-refractivity contribution in [3.8, 4) is 23.0 Å². The Labute approximate surface area is 182 Å². The molecular formula is C25H28O6. The van der Waals surface area contributed by atoms with Crippen molar-refractivity contribution in [1.29, 1.82) is 0 Å². The number of ether oxygens (including phenoxy) is 3. The second-order valence-corrected chi connectivity index (χ2v) is 9.21. The largest absolute Gasteiger partial charge is 0.507 e. The second-order valence-electron chi connectivity index (χ2n) is 9.21. The van der Waals surface area contributed by atoms with Gasteiger partial charge in [-0.15, -0.1) is 0 Å². The van der Waals surface area contributed by atoms with Crippen molar-refractivity contribution in [2.45, 2.75) is 57.8 Å². The van der Waals surface area contributed by atoms with E-state index in [9.17, 15) is 15.0 Å². The Bertz CT molecular complexity index is 1080. The quantitative estimate of drug-likeness (QED) is 0.720. The summed E-state index contributed by atoms with van der Waals surface area (Å²) in [6.45, 7) is 7.52. The molecule has 164 valence electrons. The highest BCUT2D eigenvalue weighted by Crippen LogP contribution is 2.41. The molecule has 0 saturated heterocycles. The summed E-state index contributed by atoms with van der Waals surface area (Å²) in [4.78, 5) is 13.1. The van der Waals surface area contributed by atoms with Gasteiger partial charge in [0, 0.05) is 24.5 Å². The molecule has 2 heterocycles. The van der Waals surface area contributed by atoms with Gasteiger partial charge in [-0.2, -0.15) is 0 Å². The van der Waals surface area contributed by atoms with Crippen molar-refractivity contribution < 1.29 is 29.2 Å². The number of carbonyl (C=O) groups excluding carboxylic acids is 1. The van der Waals surface area contributed by atoms with Crippen LogP contribution in [0.2, 0.25) is 0 Å². The Balaban J connectivity index is 1.65. The minimum absolute atomic E-state index is 0.0505. The zero-order valence-electron chi connectivity index (χ0n) is 18.5. The molecule has 0 aliphatic carbocycles. The van der Waals surface area contributed by atoms with Crippen LogP contribution >= 0.6 is 0 Å². The summed E-state index contributed by atoms with van der Waals surface area (Å²) < 4.78 is 17.4. The van der Waals surface area contributed by atoms with Crippen LogP contribution in [0.15, 0.2) is 30.3 Å². The Kier molecular flexibility index (Phi) is 5.01. The fourth-order valence-electron chi connectivity index (χ4n) is 4.02. The van der Waals surface area contributed by atoms with Gasteiger partial charge in [-0.05, 0) is 57.5 Å². The molecule has 4 rings (SSSR count). The van der Waals surface area contributed by atoms with E-state index < -0.39 is 17.3 Å². The number of methoxy groups -OCH3 is 1. The van der Waals surface area contributed by atoms with Crippen LogP contribution in [-0.2, 0) is 12.8 Å². The van der Waals surface area contributed by atoms with Crippen LogP contribution in [0.25, 0.3) is 6.08 Å². The minimum Gasteiger partial charge on any atom is -0.507 e. The number of hydrogen-bond acceptors (Lipinski definition) is 6. The SMILES string of the molecule is COc1c(CC(=O)c2cc3c(cc2O)OC(C)(C)[C@H](O)C3)ccc2c1C=CC(C)(C)O2. The normalized spacial score (nSPS) is 20.1. The third-order valence-electron chi connectivity index (χ3n) is 5.89. The van der Waals surface area contributed by atoms with Gasteiger partial charge in [0.15, 0.2) is 5.78 Å². The lowest BCUT2D eigenvalue weighted by atomic mass is 9.89. The van der Waals surface area contributed by atoms with E-state index in [-0.39, 0.29) is 23.5 Å². The number of fused-ring (bicyclic) bond motifs is 2. The smallest absolute Gasteiger partial charge is 0.171 e. The molecule has 0 fully saturated rings. The van der Waals surface area contributed by atoms with Crippen LogP contribution in [0.5, 0.6) is 23.0 Å². The molecule has 0 radical (unpaired) electrons. The van der Waals surface area contributed by atoms with E-state index in [0.29, 0.717) is 34.8 Å². The third-order valence-corrected chi connectivity index (χ3v) is 5.89. The molecule has 0 bridgehead atoms. The lowest BCUT2D eigenvalue weighted by molar-refractivity contribution is -0.0412. The van der Waals surface area contributed by atoms with Crippen molar-refractivity contribution in [2.75, 3.05) is 7.11 Å². The van der Waals surface area contributed by atoms with Gasteiger partial charge in [0.2, 0.25) is 0 Å². The molecule has 0 saturated carbocycles. The fraction of sp³-hybridized carbons (Fsp3) is 0.400. The number of aliphatic hydroxyl groups excluding tert-OH is 1. The predicted molar refractivity (Wildman–Crippen MR) is 117 cm³/mol. The van der Waals surface area contributed by atoms with Crippen molar-refractivity contribution in [2.24, 2.45) is 0 Å². The standard InChI is InChI=1S/C25H28O6/c1-24(2)9-8-16-20(30-24)7-6-14(23(16)29-5)11-18(26)17-10-15-12-22(28)25(3,4)31-21(15)13-19(17)27/h6-10,13,22,27-28H,11-12H2,1-5H3/t22-/m1/s1. The van der Waals surface area contributed by atoms with Gasteiger partial charge in [0.25, 0.3) is 0 Å². The number of aromatic hydroxyl groups is 1. The van der Waals surface area contributed by atoms with E-state index in [4.69, 9.17) is 14.2 Å². The Morgan fingerprint density at radius 2 is 1.90 bits per heavy atom. The molecule has 2 aliphatic heterocycles. The van der Waals surface area contributed by atoms with Gasteiger partial charge in [-0.25, -0.2) is 0 Å². The van der Waals surface area contributed by atoms with Crippen LogP contribution < -0.4 is 14.2 Å². The molecular weight excluding hydrogens is 396 g/mol. The summed E-state index contributed by atoms with van der Waals surface area (Å²) in [6.07, 6.45) is 3.59. The van der Waals surface area contributed by atoms with E-state index in [1.54, 1.807) is 27.0 Å². The van der Waals surface area contributed by atoms with Crippen LogP contribution in [0.1, 0.15) is 54.7 Å². The number of rotatable bonds is 4. The molecule has 0 spiro atoms. The number of phenolic OH excluding ortho intramolecular Hbond substituents is 1. The van der Waals surface area contributed by atoms with Crippen LogP contribution in [0.3, 0.4) is 0 Å². The summed E-state index contributed by atoms with van der Waals surface area (Å²) in [5.41, 5.74) is 1.22. The lowest BCUT2D eigenvalue weighted by Gasteiger charge is -2.37. The Morgan fingerprint density at radius 1 is 1.16 bits per heavy atom. The average molecular weight is 424 g/mol. The monoisotopic (exact) mass is 424 g/mol. The maximum absolute atomic E-state index is 13.1. The van der Waals surface area contributed by atoms with E-state index in [0.717, 1.165) is 5.56 Å². The minimum atomic E-state index is -0.758. The molecule has 0 aromatic heterocycles. The molecule has 6 heteroatoms. The molecule has 2 aliphatic rings. The average Bonchev–Trinajstić information content (AvgIpc) is 2.68. The van der Waals surface area contributed by atoms with Crippen molar-refractivity contribution in [3.05, 3.63) is 52.6 Å². The molecule has 6 nitrogen and oxygen atoms in total. The summed E-state index contributed by atoms with van der Waals surface area (Å²) in [7, 11) is 1.56. The highest BCUT2D eigenvalue weighted by Gasteiger charge is 2.36. The van der Waals surface area contributed by atoms with Crippen LogP contribution in [-0.4, -0.2) is 40.4 Å². The predicted octanol–water partition coefficient (Wildman–Crippen LogP) is 4.08. The fourth-order valence-corrected chi connectivity index (χ4v) is 4.02. The number of phenols is 1. The molecule has 31 heavy (non-hydrogen) atoms. The van der Waals surface area contributed by atoms with Gasteiger partial charge in [-0.3, -0.25) is 4.79 Å². The number of aliphatic hydroxyl groups is 1. The third kappa shape index (κ3) is 3.88. The second kappa shape index (κ2) is 7.31. The van der Waals surface area contributed by atoms with Gasteiger partial charge >= 0.3 is 0 Å². The zero-order valence-corrected chi connectivity index (χ0v) is 18.5. The first-order chi connectivity index (χ1) is 14.5. The first kappa shape index (κ1) is 21.2. The Morgan fingerprint density at radius 3 is 2.61 bits per heavy atom. The maximum Gasteiger partial charge on any atom is 0.171 e. The van der Waals surface area contributed by atoms with Crippen LogP contribution in [0, 0.1) is 0 Å². The van der Waals surface area contributed by atoms with Gasteiger partial charge in [-0.1, -0.05) is 6.07 Å². The molecule has 2 aromatic carbocycles. The number of benzene rings is 2. The summed E-state index contributed by atoms with van der Waals surface area (Å²) in [6, 6.07) is 6.72. The maximum atomic E-state index is 13.1.